The van der Waals surface area contributed by atoms with Crippen LogP contribution < -0.4 is 10.6 Å². The molecule has 3 aromatic carbocycles. The van der Waals surface area contributed by atoms with Crippen LogP contribution in [0, 0.1) is 11.8 Å². The van der Waals surface area contributed by atoms with Gasteiger partial charge in [0.1, 0.15) is 17.9 Å². The number of aromatic nitrogens is 2. The number of nitrogens with zero attached hydrogens (tertiary/aromatic N) is 4. The molecule has 3 unspecified atom stereocenters. The van der Waals surface area contributed by atoms with Gasteiger partial charge in [-0.15, -0.1) is 0 Å². The molecule has 6 aliphatic rings. The maximum atomic E-state index is 14.3. The fraction of sp³-hybridized carbons (Fsp3) is 0.519. The number of imidazole rings is 1. The van der Waals surface area contributed by atoms with Crippen molar-refractivity contribution in [3.63, 3.8) is 0 Å². The Labute approximate surface area is 398 Å². The Bertz CT molecular complexity index is 2690. The minimum absolute atomic E-state index is 0.00179. The molecule has 14 nitrogen and oxygen atoms in total. The highest BCUT2D eigenvalue weighted by Crippen LogP contribution is 2.58. The first kappa shape index (κ1) is 45.7. The van der Waals surface area contributed by atoms with Gasteiger partial charge >= 0.3 is 12.2 Å². The van der Waals surface area contributed by atoms with Gasteiger partial charge in [-0.25, -0.2) is 14.6 Å². The summed E-state index contributed by atoms with van der Waals surface area (Å²) >= 11 is 0. The number of methoxy groups -OCH3 is 3. The molecule has 358 valence electrons. The van der Waals surface area contributed by atoms with Crippen LogP contribution in [-0.4, -0.2) is 107 Å². The normalized spacial score (nSPS) is 26.1. The fourth-order valence-electron chi connectivity index (χ4n) is 12.8. The number of hydrogen-bond donors (Lipinski definition) is 3. The molecule has 4 fully saturated rings. The standard InChI is InChI=1S/C54H65N7O7/c1-28(2)48(58-53(64)67-6)51(62)60-29(3)11-22-44(60)50-56-40-21-18-33(24-41(40)57-50)39-20-19-38(46-35-16-17-36(23-35)47(39)46)32-14-12-31(13-15-32)37-25-42(55-27-37)45-26-34-9-8-10-43(34)61(45)52(63)49(30(4)66-5)59-54(65)68-7/h12-15,18-21,24,27-30,34-36,43-45,48-49H,8-11,16-17,22-23,25-26H2,1-7H3,(H,56,57)(H,58,64)(H,59,65)/t29-,30+,34-,35?,36?,43-,44-,45?,48-,49-/m0/s1. The summed E-state index contributed by atoms with van der Waals surface area (Å²) in [5.74, 6) is 1.85. The molecule has 4 heterocycles. The largest absolute Gasteiger partial charge is 0.453 e. The highest BCUT2D eigenvalue weighted by atomic mass is 16.5. The van der Waals surface area contributed by atoms with Crippen LogP contribution in [0.4, 0.5) is 9.59 Å². The van der Waals surface area contributed by atoms with Crippen molar-refractivity contribution < 1.29 is 33.4 Å². The molecule has 1 aromatic heterocycles. The van der Waals surface area contributed by atoms with Crippen LogP contribution >= 0.6 is 0 Å². The Balaban J connectivity index is 0.874. The van der Waals surface area contributed by atoms with Crippen molar-refractivity contribution in [3.8, 4) is 22.3 Å². The van der Waals surface area contributed by atoms with Crippen LogP contribution in [0.3, 0.4) is 0 Å². The zero-order valence-corrected chi connectivity index (χ0v) is 40.3. The second kappa shape index (κ2) is 18.5. The van der Waals surface area contributed by atoms with E-state index in [0.717, 1.165) is 77.8 Å². The molecule has 2 saturated heterocycles. The Kier molecular flexibility index (Phi) is 12.4. The van der Waals surface area contributed by atoms with Crippen molar-refractivity contribution in [2.45, 2.75) is 146 Å². The number of rotatable bonds is 12. The van der Waals surface area contributed by atoms with Crippen LogP contribution in [-0.2, 0) is 23.8 Å². The molecular weight excluding hydrogens is 859 g/mol. The number of H-pyrrole nitrogens is 1. The maximum Gasteiger partial charge on any atom is 0.407 e. The van der Waals surface area contributed by atoms with Gasteiger partial charge in [-0.3, -0.25) is 14.6 Å². The first-order valence-corrected chi connectivity index (χ1v) is 24.8. The number of amides is 4. The van der Waals surface area contributed by atoms with Crippen molar-refractivity contribution >= 4 is 46.3 Å². The second-order valence-corrected chi connectivity index (χ2v) is 20.4. The van der Waals surface area contributed by atoms with E-state index in [9.17, 15) is 19.2 Å². The maximum absolute atomic E-state index is 14.3. The SMILES string of the molecule is COC(=O)N[C@H](C(=O)N1[C@@H](C)CC[C@H]1c1nc2ccc(-c3ccc(-c4ccc(C5=CN=C(C6C[C@@H]7CCC[C@@H]7N6C(=O)[C@@H](NC(=O)OC)[C@@H](C)OC)C5)cc4)c4c3C3CCC4C3)cc2[nH]1)C(C)C. The van der Waals surface area contributed by atoms with E-state index in [2.05, 4.69) is 77.1 Å². The summed E-state index contributed by atoms with van der Waals surface area (Å²) in [6.07, 6.45) is 10.1. The smallest absolute Gasteiger partial charge is 0.407 e. The van der Waals surface area contributed by atoms with Crippen molar-refractivity contribution in [1.29, 1.82) is 0 Å². The predicted molar refractivity (Wildman–Crippen MR) is 261 cm³/mol. The molecule has 10 atom stereocenters. The predicted octanol–water partition coefficient (Wildman–Crippen LogP) is 9.41. The number of fused-ring (bicyclic) bond motifs is 7. The molecule has 0 radical (unpaired) electrons. The van der Waals surface area contributed by atoms with E-state index in [0.29, 0.717) is 24.2 Å². The van der Waals surface area contributed by atoms with Crippen LogP contribution in [0.2, 0.25) is 0 Å². The topological polar surface area (TPSA) is 168 Å². The van der Waals surface area contributed by atoms with Gasteiger partial charge in [0.25, 0.3) is 0 Å². The minimum Gasteiger partial charge on any atom is -0.453 e. The molecule has 4 aromatic rings. The number of carbonyl (C=O) groups is 4. The monoisotopic (exact) mass is 923 g/mol. The molecular formula is C54H65N7O7. The zero-order chi connectivity index (χ0) is 47.5. The van der Waals surface area contributed by atoms with Gasteiger partial charge in [0.15, 0.2) is 0 Å². The summed E-state index contributed by atoms with van der Waals surface area (Å²) in [4.78, 5) is 70.5. The van der Waals surface area contributed by atoms with E-state index in [1.54, 1.807) is 14.0 Å². The molecule has 14 heteroatoms. The number of likely N-dealkylation sites (tertiary alicyclic amines) is 2. The van der Waals surface area contributed by atoms with E-state index in [1.807, 2.05) is 29.8 Å². The van der Waals surface area contributed by atoms with Gasteiger partial charge in [0.2, 0.25) is 11.8 Å². The molecule has 3 aliphatic heterocycles. The highest BCUT2D eigenvalue weighted by molar-refractivity contribution is 6.04. The second-order valence-electron chi connectivity index (χ2n) is 20.4. The summed E-state index contributed by atoms with van der Waals surface area (Å²) in [6.45, 7) is 7.72. The van der Waals surface area contributed by atoms with E-state index in [-0.39, 0.29) is 41.9 Å². The summed E-state index contributed by atoms with van der Waals surface area (Å²) in [6, 6.07) is 18.3. The molecule has 3 aliphatic carbocycles. The first-order valence-electron chi connectivity index (χ1n) is 24.8. The number of aromatic amines is 1. The number of allylic oxidation sites excluding steroid dienone is 1. The lowest BCUT2D eigenvalue weighted by molar-refractivity contribution is -0.139. The lowest BCUT2D eigenvalue weighted by Crippen LogP contribution is -2.58. The Morgan fingerprint density at radius 3 is 2.04 bits per heavy atom. The van der Waals surface area contributed by atoms with Crippen LogP contribution in [0.5, 0.6) is 0 Å². The fourth-order valence-corrected chi connectivity index (χ4v) is 12.8. The number of hydrogen-bond acceptors (Lipinski definition) is 9. The molecule has 2 bridgehead atoms. The van der Waals surface area contributed by atoms with Crippen molar-refractivity contribution in [1.82, 2.24) is 30.4 Å². The lowest BCUT2D eigenvalue weighted by Gasteiger charge is -2.35. The van der Waals surface area contributed by atoms with Gasteiger partial charge in [0, 0.05) is 37.5 Å². The van der Waals surface area contributed by atoms with Crippen LogP contribution in [0.1, 0.15) is 132 Å². The molecule has 68 heavy (non-hydrogen) atoms. The number of ether oxygens (including phenoxy) is 3. The molecule has 10 rings (SSSR count). The zero-order valence-electron chi connectivity index (χ0n) is 40.3. The molecule has 2 saturated carbocycles. The van der Waals surface area contributed by atoms with Gasteiger partial charge in [-0.2, -0.15) is 0 Å². The van der Waals surface area contributed by atoms with Gasteiger partial charge in [-0.05, 0) is 146 Å². The van der Waals surface area contributed by atoms with Crippen molar-refractivity contribution in [2.24, 2.45) is 16.8 Å². The average Bonchev–Trinajstić information content (AvgIpc) is 4.22. The van der Waals surface area contributed by atoms with Gasteiger partial charge in [0.05, 0.1) is 43.4 Å². The average molecular weight is 924 g/mol. The lowest BCUT2D eigenvalue weighted by atomic mass is 9.81. The third kappa shape index (κ3) is 8.05. The van der Waals surface area contributed by atoms with E-state index >= 15 is 0 Å². The quantitative estimate of drug-likeness (QED) is 0.126. The number of alkyl carbamates (subject to hydrolysis) is 2. The van der Waals surface area contributed by atoms with Crippen molar-refractivity contribution in [3.05, 3.63) is 83.3 Å². The summed E-state index contributed by atoms with van der Waals surface area (Å²) < 4.78 is 15.3. The number of nitrogens with one attached hydrogen (secondary N) is 3. The molecule has 4 amide bonds. The Hall–Kier alpha value is -6.02. The Morgan fingerprint density at radius 2 is 1.37 bits per heavy atom. The Morgan fingerprint density at radius 1 is 0.721 bits per heavy atom. The van der Waals surface area contributed by atoms with E-state index in [4.69, 9.17) is 24.2 Å². The first-order chi connectivity index (χ1) is 32.9. The number of aliphatic imine (C=N–C) groups is 1. The van der Waals surface area contributed by atoms with Crippen molar-refractivity contribution in [2.75, 3.05) is 21.3 Å². The van der Waals surface area contributed by atoms with Crippen LogP contribution in [0.15, 0.2) is 65.8 Å². The number of benzene rings is 3. The summed E-state index contributed by atoms with van der Waals surface area (Å²) in [5, 5.41) is 5.51. The van der Waals surface area contributed by atoms with Crippen LogP contribution in [0.25, 0.3) is 38.9 Å². The summed E-state index contributed by atoms with van der Waals surface area (Å²) in [7, 11) is 4.16. The third-order valence-electron chi connectivity index (χ3n) is 16.3. The van der Waals surface area contributed by atoms with E-state index in [1.165, 1.54) is 61.3 Å². The third-order valence-corrected chi connectivity index (χ3v) is 16.3. The summed E-state index contributed by atoms with van der Waals surface area (Å²) in [5.41, 5.74) is 13.0. The minimum atomic E-state index is -0.865. The highest BCUT2D eigenvalue weighted by Gasteiger charge is 2.50. The van der Waals surface area contributed by atoms with Gasteiger partial charge < -0.3 is 39.6 Å². The number of carbonyl (C=O) groups excluding carboxylic acids is 4. The van der Waals surface area contributed by atoms with Gasteiger partial charge in [-0.1, -0.05) is 62.7 Å². The molecule has 0 spiro atoms. The molecule has 3 N–H and O–H groups in total. The van der Waals surface area contributed by atoms with E-state index < -0.39 is 30.4 Å².